The Morgan fingerprint density at radius 3 is 3.13 bits per heavy atom. The Kier molecular flexibility index (Phi) is 4.00. The smallest absolute Gasteiger partial charge is 0.191 e. The summed E-state index contributed by atoms with van der Waals surface area (Å²) < 4.78 is 2.76. The number of benzene rings is 1. The van der Waals surface area contributed by atoms with Crippen LogP contribution >= 0.6 is 34.7 Å². The van der Waals surface area contributed by atoms with Crippen molar-refractivity contribution in [3.8, 4) is 11.4 Å². The molecule has 1 aliphatic rings. The third kappa shape index (κ3) is 3.08. The molecule has 0 saturated heterocycles. The van der Waals surface area contributed by atoms with Crippen LogP contribution in [0.4, 0.5) is 5.69 Å². The SMILES string of the molecule is CC1Cn2c(nnc2-c2cccc(NCc3cnc(Cl)s3)c2)S1. The van der Waals surface area contributed by atoms with Crippen LogP contribution in [0, 0.1) is 0 Å². The highest BCUT2D eigenvalue weighted by molar-refractivity contribution is 7.99. The highest BCUT2D eigenvalue weighted by Gasteiger charge is 2.24. The number of aromatic nitrogens is 4. The Morgan fingerprint density at radius 2 is 2.30 bits per heavy atom. The van der Waals surface area contributed by atoms with Gasteiger partial charge in [0.25, 0.3) is 0 Å². The van der Waals surface area contributed by atoms with Crippen molar-refractivity contribution in [2.75, 3.05) is 5.32 Å². The third-order valence-electron chi connectivity index (χ3n) is 3.58. The van der Waals surface area contributed by atoms with Crippen molar-refractivity contribution in [1.82, 2.24) is 19.7 Å². The van der Waals surface area contributed by atoms with E-state index in [-0.39, 0.29) is 0 Å². The van der Waals surface area contributed by atoms with Crippen LogP contribution in [0.1, 0.15) is 11.8 Å². The highest BCUT2D eigenvalue weighted by atomic mass is 35.5. The summed E-state index contributed by atoms with van der Waals surface area (Å²) in [5.41, 5.74) is 2.12. The van der Waals surface area contributed by atoms with E-state index in [1.165, 1.54) is 11.3 Å². The first-order valence-electron chi connectivity index (χ1n) is 7.23. The lowest BCUT2D eigenvalue weighted by molar-refractivity contribution is 0.675. The molecule has 0 saturated carbocycles. The van der Waals surface area contributed by atoms with E-state index in [0.29, 0.717) is 16.3 Å². The van der Waals surface area contributed by atoms with E-state index < -0.39 is 0 Å². The van der Waals surface area contributed by atoms with E-state index in [0.717, 1.165) is 33.7 Å². The Balaban J connectivity index is 1.55. The van der Waals surface area contributed by atoms with E-state index in [2.05, 4.69) is 44.1 Å². The van der Waals surface area contributed by atoms with Gasteiger partial charge in [-0.05, 0) is 12.1 Å². The van der Waals surface area contributed by atoms with Gasteiger partial charge in [0.2, 0.25) is 0 Å². The maximum absolute atomic E-state index is 5.86. The molecule has 0 aliphatic carbocycles. The number of hydrogen-bond donors (Lipinski definition) is 1. The van der Waals surface area contributed by atoms with E-state index in [1.54, 1.807) is 18.0 Å². The number of nitrogens with zero attached hydrogens (tertiary/aromatic N) is 4. The Labute approximate surface area is 147 Å². The molecular formula is C15H14ClN5S2. The number of fused-ring (bicyclic) bond motifs is 1. The fraction of sp³-hybridized carbons (Fsp3) is 0.267. The van der Waals surface area contributed by atoms with E-state index in [4.69, 9.17) is 11.6 Å². The minimum Gasteiger partial charge on any atom is -0.380 e. The standard InChI is InChI=1S/C15H14ClN5S2/c1-9-8-21-13(19-20-15(21)22-9)10-3-2-4-11(5-10)17-6-12-7-18-14(16)23-12/h2-5,7,9,17H,6,8H2,1H3. The lowest BCUT2D eigenvalue weighted by Gasteiger charge is -2.08. The summed E-state index contributed by atoms with van der Waals surface area (Å²) in [5, 5.41) is 13.6. The van der Waals surface area contributed by atoms with Crippen LogP contribution in [-0.4, -0.2) is 25.0 Å². The van der Waals surface area contributed by atoms with Crippen molar-refractivity contribution in [3.05, 3.63) is 39.8 Å². The molecule has 3 heterocycles. The minimum absolute atomic E-state index is 0.552. The van der Waals surface area contributed by atoms with Crippen molar-refractivity contribution in [1.29, 1.82) is 0 Å². The monoisotopic (exact) mass is 363 g/mol. The van der Waals surface area contributed by atoms with Crippen molar-refractivity contribution in [2.24, 2.45) is 0 Å². The van der Waals surface area contributed by atoms with Gasteiger partial charge < -0.3 is 9.88 Å². The third-order valence-corrected chi connectivity index (χ3v) is 5.76. The van der Waals surface area contributed by atoms with E-state index in [9.17, 15) is 0 Å². The second-order valence-corrected chi connectivity index (χ2v) is 8.46. The fourth-order valence-corrected chi connectivity index (χ4v) is 4.43. The summed E-state index contributed by atoms with van der Waals surface area (Å²) >= 11 is 9.12. The summed E-state index contributed by atoms with van der Waals surface area (Å²) in [4.78, 5) is 5.16. The van der Waals surface area contributed by atoms with Crippen LogP contribution in [0.2, 0.25) is 4.47 Å². The predicted octanol–water partition coefficient (Wildman–Crippen LogP) is 4.16. The lowest BCUT2D eigenvalue weighted by Crippen LogP contribution is -2.03. The van der Waals surface area contributed by atoms with Gasteiger partial charge in [-0.15, -0.1) is 21.5 Å². The number of hydrogen-bond acceptors (Lipinski definition) is 6. The Morgan fingerprint density at radius 1 is 1.39 bits per heavy atom. The zero-order chi connectivity index (χ0) is 15.8. The number of thiazole rings is 1. The average molecular weight is 364 g/mol. The quantitative estimate of drug-likeness (QED) is 0.754. The van der Waals surface area contributed by atoms with Gasteiger partial charge in [0.1, 0.15) is 0 Å². The van der Waals surface area contributed by atoms with E-state index in [1.807, 2.05) is 12.1 Å². The number of halogens is 1. The summed E-state index contributed by atoms with van der Waals surface area (Å²) in [6.45, 7) is 3.87. The maximum atomic E-state index is 5.86. The van der Waals surface area contributed by atoms with Crippen LogP contribution < -0.4 is 5.32 Å². The number of rotatable bonds is 4. The predicted molar refractivity (Wildman–Crippen MR) is 95.2 cm³/mol. The molecule has 1 unspecified atom stereocenters. The Bertz CT molecular complexity index is 844. The first kappa shape index (κ1) is 15.0. The first-order chi connectivity index (χ1) is 11.2. The van der Waals surface area contributed by atoms with Crippen molar-refractivity contribution < 1.29 is 0 Å². The summed E-state index contributed by atoms with van der Waals surface area (Å²) in [6, 6.07) is 8.25. The van der Waals surface area contributed by atoms with Crippen molar-refractivity contribution in [3.63, 3.8) is 0 Å². The summed E-state index contributed by atoms with van der Waals surface area (Å²) in [6.07, 6.45) is 1.80. The van der Waals surface area contributed by atoms with Crippen LogP contribution in [0.15, 0.2) is 35.6 Å². The zero-order valence-electron chi connectivity index (χ0n) is 12.4. The molecule has 0 bridgehead atoms. The van der Waals surface area contributed by atoms with Crippen LogP contribution in [0.3, 0.4) is 0 Å². The topological polar surface area (TPSA) is 55.6 Å². The average Bonchev–Trinajstić information content (AvgIpc) is 3.21. The molecule has 1 atom stereocenters. The molecule has 4 rings (SSSR count). The van der Waals surface area contributed by atoms with Crippen LogP contribution in [-0.2, 0) is 13.1 Å². The fourth-order valence-electron chi connectivity index (χ4n) is 2.55. The molecule has 23 heavy (non-hydrogen) atoms. The second-order valence-electron chi connectivity index (χ2n) is 5.36. The van der Waals surface area contributed by atoms with E-state index >= 15 is 0 Å². The Hall–Kier alpha value is -1.57. The maximum Gasteiger partial charge on any atom is 0.191 e. The minimum atomic E-state index is 0.552. The normalized spacial score (nSPS) is 16.5. The van der Waals surface area contributed by atoms with Crippen LogP contribution in [0.25, 0.3) is 11.4 Å². The number of nitrogens with one attached hydrogen (secondary N) is 1. The van der Waals surface area contributed by atoms with Gasteiger partial charge in [-0.3, -0.25) is 0 Å². The van der Waals surface area contributed by atoms with Gasteiger partial charge in [0.05, 0.1) is 6.54 Å². The molecule has 2 aromatic heterocycles. The van der Waals surface area contributed by atoms with Crippen molar-refractivity contribution >= 4 is 40.4 Å². The molecule has 0 radical (unpaired) electrons. The molecule has 0 fully saturated rings. The van der Waals surface area contributed by atoms with Crippen molar-refractivity contribution in [2.45, 2.75) is 30.4 Å². The largest absolute Gasteiger partial charge is 0.380 e. The zero-order valence-corrected chi connectivity index (χ0v) is 14.8. The van der Waals surface area contributed by atoms with Gasteiger partial charge in [-0.2, -0.15) is 0 Å². The molecule has 1 N–H and O–H groups in total. The molecule has 0 spiro atoms. The van der Waals surface area contributed by atoms with Gasteiger partial charge in [-0.1, -0.05) is 42.4 Å². The summed E-state index contributed by atoms with van der Waals surface area (Å²) in [7, 11) is 0. The molecule has 8 heteroatoms. The molecule has 1 aliphatic heterocycles. The molecular weight excluding hydrogens is 350 g/mol. The molecule has 0 amide bonds. The number of anilines is 1. The molecule has 1 aromatic carbocycles. The summed E-state index contributed by atoms with van der Waals surface area (Å²) in [5.74, 6) is 0.932. The van der Waals surface area contributed by atoms with Gasteiger partial charge in [0, 0.05) is 34.1 Å². The second kappa shape index (κ2) is 6.14. The van der Waals surface area contributed by atoms with Crippen LogP contribution in [0.5, 0.6) is 0 Å². The first-order valence-corrected chi connectivity index (χ1v) is 9.31. The van der Waals surface area contributed by atoms with Gasteiger partial charge in [0.15, 0.2) is 15.4 Å². The lowest BCUT2D eigenvalue weighted by atomic mass is 10.2. The molecule has 5 nitrogen and oxygen atoms in total. The molecule has 3 aromatic rings. The number of thioether (sulfide) groups is 1. The highest BCUT2D eigenvalue weighted by Crippen LogP contribution is 2.34. The van der Waals surface area contributed by atoms with Gasteiger partial charge >= 0.3 is 0 Å². The van der Waals surface area contributed by atoms with Gasteiger partial charge in [-0.25, -0.2) is 4.98 Å². The molecule has 118 valence electrons.